The number of benzene rings is 1. The summed E-state index contributed by atoms with van der Waals surface area (Å²) in [5, 5.41) is 6.99. The van der Waals surface area contributed by atoms with E-state index in [0.29, 0.717) is 17.8 Å². The largest absolute Gasteiger partial charge is 0.334 e. The Bertz CT molecular complexity index is 1290. The number of nitrogens with one attached hydrogen (secondary N) is 1. The van der Waals surface area contributed by atoms with E-state index in [1.54, 1.807) is 36.8 Å². The lowest BCUT2D eigenvalue weighted by Gasteiger charge is -2.20. The van der Waals surface area contributed by atoms with Gasteiger partial charge in [-0.05, 0) is 49.6 Å². The van der Waals surface area contributed by atoms with Crippen LogP contribution in [0, 0.1) is 13.8 Å². The fourth-order valence-corrected chi connectivity index (χ4v) is 3.56. The molecule has 3 aromatic heterocycles. The summed E-state index contributed by atoms with van der Waals surface area (Å²) < 4.78 is 6.81. The first-order valence-electron chi connectivity index (χ1n) is 10.3. The van der Waals surface area contributed by atoms with E-state index in [9.17, 15) is 9.59 Å². The Morgan fingerprint density at radius 1 is 1.06 bits per heavy atom. The van der Waals surface area contributed by atoms with Crippen LogP contribution in [0.2, 0.25) is 0 Å². The van der Waals surface area contributed by atoms with Gasteiger partial charge >= 0.3 is 0 Å². The van der Waals surface area contributed by atoms with Crippen LogP contribution in [0.5, 0.6) is 0 Å². The maximum absolute atomic E-state index is 13.1. The number of carbonyl (C=O) groups excluding carboxylic acids is 1. The van der Waals surface area contributed by atoms with Crippen LogP contribution < -0.4 is 10.9 Å². The van der Waals surface area contributed by atoms with Crippen molar-refractivity contribution in [1.82, 2.24) is 19.7 Å². The second-order valence-electron chi connectivity index (χ2n) is 7.50. The lowest BCUT2D eigenvalue weighted by atomic mass is 10.1. The molecular weight excluding hydrogens is 406 g/mol. The van der Waals surface area contributed by atoms with Crippen molar-refractivity contribution in [3.05, 3.63) is 82.5 Å². The van der Waals surface area contributed by atoms with E-state index in [1.165, 1.54) is 10.6 Å². The molecule has 32 heavy (non-hydrogen) atoms. The molecule has 0 spiro atoms. The summed E-state index contributed by atoms with van der Waals surface area (Å²) in [6, 6.07) is 11.7. The van der Waals surface area contributed by atoms with Gasteiger partial charge in [-0.1, -0.05) is 30.3 Å². The van der Waals surface area contributed by atoms with E-state index in [4.69, 9.17) is 4.52 Å². The molecular formula is C24H23N5O3. The number of aromatic nitrogens is 4. The highest BCUT2D eigenvalue weighted by molar-refractivity contribution is 5.95. The molecule has 3 heterocycles. The molecule has 0 aliphatic carbocycles. The van der Waals surface area contributed by atoms with Crippen LogP contribution in [-0.2, 0) is 4.79 Å². The average molecular weight is 429 g/mol. The molecule has 0 saturated heterocycles. The van der Waals surface area contributed by atoms with Crippen LogP contribution in [0.1, 0.15) is 30.5 Å². The standard InChI is InChI=1S/C24H23N5O3/c1-4-19(23(31)26-21-15(2)6-5-7-16(21)3)29-14-18(8-9-20(29)30)24-27-22(28-32-24)17-10-12-25-13-11-17/h5-14,19H,4H2,1-3H3,(H,26,31)/t19-/m1/s1. The van der Waals surface area contributed by atoms with Gasteiger partial charge in [0.25, 0.3) is 11.4 Å². The summed E-state index contributed by atoms with van der Waals surface area (Å²) in [6.45, 7) is 5.74. The quantitative estimate of drug-likeness (QED) is 0.493. The predicted molar refractivity (Wildman–Crippen MR) is 121 cm³/mol. The number of para-hydroxylation sites is 1. The number of pyridine rings is 2. The number of amides is 1. The molecule has 8 nitrogen and oxygen atoms in total. The van der Waals surface area contributed by atoms with Gasteiger partial charge in [0.2, 0.25) is 11.7 Å². The van der Waals surface area contributed by atoms with Crippen molar-refractivity contribution in [2.24, 2.45) is 0 Å². The van der Waals surface area contributed by atoms with Crippen LogP contribution in [0.3, 0.4) is 0 Å². The minimum absolute atomic E-state index is 0.257. The number of rotatable bonds is 6. The lowest BCUT2D eigenvalue weighted by molar-refractivity contribution is -0.119. The van der Waals surface area contributed by atoms with Crippen LogP contribution in [0.4, 0.5) is 5.69 Å². The number of carbonyl (C=O) groups is 1. The maximum atomic E-state index is 13.1. The zero-order chi connectivity index (χ0) is 22.7. The fraction of sp³-hybridized carbons (Fsp3) is 0.208. The summed E-state index contributed by atoms with van der Waals surface area (Å²) in [4.78, 5) is 34.1. The molecule has 0 unspecified atom stereocenters. The first-order chi connectivity index (χ1) is 15.5. The number of anilines is 1. The molecule has 0 bridgehead atoms. The Morgan fingerprint density at radius 2 is 1.78 bits per heavy atom. The Balaban J connectivity index is 1.65. The second kappa shape index (κ2) is 8.97. The van der Waals surface area contributed by atoms with E-state index in [0.717, 1.165) is 22.4 Å². The molecule has 1 N–H and O–H groups in total. The zero-order valence-corrected chi connectivity index (χ0v) is 18.1. The van der Waals surface area contributed by atoms with Crippen molar-refractivity contribution in [3.63, 3.8) is 0 Å². The van der Waals surface area contributed by atoms with Crippen LogP contribution in [0.25, 0.3) is 22.8 Å². The Hall–Kier alpha value is -4.07. The third-order valence-electron chi connectivity index (χ3n) is 5.30. The number of hydrogen-bond acceptors (Lipinski definition) is 6. The van der Waals surface area contributed by atoms with Crippen molar-refractivity contribution in [2.75, 3.05) is 5.32 Å². The molecule has 4 rings (SSSR count). The molecule has 0 aliphatic rings. The Kier molecular flexibility index (Phi) is 5.93. The maximum Gasteiger partial charge on any atom is 0.259 e. The number of nitrogens with zero attached hydrogens (tertiary/aromatic N) is 4. The topological polar surface area (TPSA) is 103 Å². The monoisotopic (exact) mass is 429 g/mol. The number of aryl methyl sites for hydroxylation is 2. The van der Waals surface area contributed by atoms with Gasteiger partial charge in [-0.25, -0.2) is 0 Å². The molecule has 8 heteroatoms. The second-order valence-corrected chi connectivity index (χ2v) is 7.50. The van der Waals surface area contributed by atoms with Crippen molar-refractivity contribution in [2.45, 2.75) is 33.2 Å². The molecule has 1 aromatic carbocycles. The molecule has 1 amide bonds. The highest BCUT2D eigenvalue weighted by atomic mass is 16.5. The van der Waals surface area contributed by atoms with Gasteiger partial charge in [0.15, 0.2) is 0 Å². The minimum Gasteiger partial charge on any atom is -0.334 e. The van der Waals surface area contributed by atoms with E-state index in [-0.39, 0.29) is 17.4 Å². The highest BCUT2D eigenvalue weighted by Crippen LogP contribution is 2.24. The number of hydrogen-bond donors (Lipinski definition) is 1. The molecule has 0 aliphatic heterocycles. The summed E-state index contributed by atoms with van der Waals surface area (Å²) >= 11 is 0. The average Bonchev–Trinajstić information content (AvgIpc) is 3.29. The minimum atomic E-state index is -0.691. The fourth-order valence-electron chi connectivity index (χ4n) is 3.56. The van der Waals surface area contributed by atoms with Gasteiger partial charge in [0.05, 0.1) is 5.56 Å². The molecule has 0 radical (unpaired) electrons. The van der Waals surface area contributed by atoms with E-state index in [1.807, 2.05) is 39.0 Å². The summed E-state index contributed by atoms with van der Waals surface area (Å²) in [6.07, 6.45) is 5.31. The van der Waals surface area contributed by atoms with Crippen molar-refractivity contribution in [3.8, 4) is 22.8 Å². The van der Waals surface area contributed by atoms with Crippen molar-refractivity contribution >= 4 is 11.6 Å². The third-order valence-corrected chi connectivity index (χ3v) is 5.30. The van der Waals surface area contributed by atoms with Crippen LogP contribution >= 0.6 is 0 Å². The van der Waals surface area contributed by atoms with Gasteiger partial charge in [-0.15, -0.1) is 0 Å². The summed E-state index contributed by atoms with van der Waals surface area (Å²) in [5.41, 5.74) is 3.72. The molecule has 4 aromatic rings. The molecule has 0 fully saturated rings. The van der Waals surface area contributed by atoms with E-state index in [2.05, 4.69) is 20.4 Å². The highest BCUT2D eigenvalue weighted by Gasteiger charge is 2.22. The smallest absolute Gasteiger partial charge is 0.259 e. The third kappa shape index (κ3) is 4.20. The van der Waals surface area contributed by atoms with Gasteiger partial charge in [-0.2, -0.15) is 4.98 Å². The molecule has 1 atom stereocenters. The SMILES string of the molecule is CC[C@H](C(=O)Nc1c(C)cccc1C)n1cc(-c2nc(-c3ccncc3)no2)ccc1=O. The van der Waals surface area contributed by atoms with Crippen molar-refractivity contribution in [1.29, 1.82) is 0 Å². The van der Waals surface area contributed by atoms with Gasteiger partial charge in [0, 0.05) is 35.9 Å². The molecule has 0 saturated carbocycles. The van der Waals surface area contributed by atoms with E-state index >= 15 is 0 Å². The summed E-state index contributed by atoms with van der Waals surface area (Å²) in [5.74, 6) is 0.419. The lowest BCUT2D eigenvalue weighted by Crippen LogP contribution is -2.32. The first kappa shape index (κ1) is 21.2. The van der Waals surface area contributed by atoms with Crippen LogP contribution in [-0.4, -0.2) is 25.6 Å². The normalized spacial score (nSPS) is 11.8. The summed E-state index contributed by atoms with van der Waals surface area (Å²) in [7, 11) is 0. The zero-order valence-electron chi connectivity index (χ0n) is 18.1. The molecule has 162 valence electrons. The predicted octanol–water partition coefficient (Wildman–Crippen LogP) is 4.17. The first-order valence-corrected chi connectivity index (χ1v) is 10.3. The van der Waals surface area contributed by atoms with Gasteiger partial charge in [0.1, 0.15) is 6.04 Å². The van der Waals surface area contributed by atoms with Gasteiger partial charge < -0.3 is 14.4 Å². The van der Waals surface area contributed by atoms with Crippen molar-refractivity contribution < 1.29 is 9.32 Å². The van der Waals surface area contributed by atoms with Crippen LogP contribution in [0.15, 0.2) is 70.4 Å². The Labute approximate surface area is 184 Å². The Morgan fingerprint density at radius 3 is 2.47 bits per heavy atom. The van der Waals surface area contributed by atoms with Gasteiger partial charge in [-0.3, -0.25) is 14.6 Å². The van der Waals surface area contributed by atoms with E-state index < -0.39 is 6.04 Å².